The quantitative estimate of drug-likeness (QED) is 0.601. The predicted molar refractivity (Wildman–Crippen MR) is 89.3 cm³/mol. The van der Waals surface area contributed by atoms with Gasteiger partial charge in [0.1, 0.15) is 11.6 Å². The second kappa shape index (κ2) is 5.59. The average Bonchev–Trinajstić information content (AvgIpc) is 3.01. The molecule has 0 radical (unpaired) electrons. The van der Waals surface area contributed by atoms with Crippen LogP contribution in [-0.2, 0) is 27.7 Å². The van der Waals surface area contributed by atoms with Gasteiger partial charge < -0.3 is 9.64 Å². The number of sulfonamides is 1. The van der Waals surface area contributed by atoms with Crippen LogP contribution in [-0.4, -0.2) is 37.4 Å². The molecular weight excluding hydrogens is 328 g/mol. The highest BCUT2D eigenvalue weighted by molar-refractivity contribution is 7.90. The third kappa shape index (κ3) is 2.87. The van der Waals surface area contributed by atoms with Crippen LogP contribution in [0.4, 0.5) is 0 Å². The lowest BCUT2D eigenvalue weighted by molar-refractivity contribution is -0.129. The van der Waals surface area contributed by atoms with E-state index in [-0.39, 0.29) is 12.3 Å². The molecule has 0 saturated heterocycles. The number of nitrogens with zero attached hydrogens (tertiary/aromatic N) is 2. The van der Waals surface area contributed by atoms with E-state index in [4.69, 9.17) is 4.74 Å². The molecule has 24 heavy (non-hydrogen) atoms. The maximum atomic E-state index is 12.3. The topological polar surface area (TPSA) is 76.0 Å². The summed E-state index contributed by atoms with van der Waals surface area (Å²) in [6, 6.07) is 5.75. The van der Waals surface area contributed by atoms with Gasteiger partial charge in [0, 0.05) is 12.7 Å². The molecule has 1 aromatic carbocycles. The molecule has 124 valence electrons. The highest BCUT2D eigenvalue weighted by atomic mass is 32.2. The van der Waals surface area contributed by atoms with Gasteiger partial charge in [-0.1, -0.05) is 6.07 Å². The number of rotatable bonds is 2. The first-order chi connectivity index (χ1) is 11.5. The molecule has 0 amide bonds. The summed E-state index contributed by atoms with van der Waals surface area (Å²) in [5.41, 5.74) is 2.93. The van der Waals surface area contributed by atoms with Crippen LogP contribution in [0, 0.1) is 0 Å². The Labute approximate surface area is 140 Å². The maximum Gasteiger partial charge on any atom is 0.345 e. The molecule has 0 fully saturated rings. The van der Waals surface area contributed by atoms with Crippen LogP contribution < -0.4 is 4.74 Å². The van der Waals surface area contributed by atoms with Crippen molar-refractivity contribution < 1.29 is 17.9 Å². The summed E-state index contributed by atoms with van der Waals surface area (Å²) in [5, 5.41) is 0. The van der Waals surface area contributed by atoms with Crippen molar-refractivity contribution in [3.8, 4) is 5.75 Å². The van der Waals surface area contributed by atoms with Crippen LogP contribution in [0.3, 0.4) is 0 Å². The zero-order valence-electron chi connectivity index (χ0n) is 12.9. The minimum Gasteiger partial charge on any atom is -0.423 e. The number of carbonyl (C=O) groups excluding carboxylic acids is 1. The van der Waals surface area contributed by atoms with Crippen LogP contribution in [0.2, 0.25) is 0 Å². The smallest absolute Gasteiger partial charge is 0.345 e. The summed E-state index contributed by atoms with van der Waals surface area (Å²) in [4.78, 5) is 14.0. The van der Waals surface area contributed by atoms with E-state index < -0.39 is 16.0 Å². The molecule has 7 heteroatoms. The summed E-state index contributed by atoms with van der Waals surface area (Å²) >= 11 is 0. The third-order valence-electron chi connectivity index (χ3n) is 4.34. The van der Waals surface area contributed by atoms with Gasteiger partial charge in [-0.3, -0.25) is 0 Å². The fourth-order valence-corrected chi connectivity index (χ4v) is 4.07. The van der Waals surface area contributed by atoms with Gasteiger partial charge in [0.15, 0.2) is 0 Å². The molecule has 4 rings (SSSR count). The van der Waals surface area contributed by atoms with Gasteiger partial charge in [0.2, 0.25) is 0 Å². The Bertz CT molecular complexity index is 913. The number of hydrogen-bond acceptors (Lipinski definition) is 5. The summed E-state index contributed by atoms with van der Waals surface area (Å²) in [5.74, 6) is 0.344. The van der Waals surface area contributed by atoms with Crippen molar-refractivity contribution in [2.24, 2.45) is 4.40 Å². The van der Waals surface area contributed by atoms with Crippen molar-refractivity contribution in [1.82, 2.24) is 4.90 Å². The van der Waals surface area contributed by atoms with Crippen LogP contribution in [0.15, 0.2) is 46.5 Å². The monoisotopic (exact) mass is 344 g/mol. The lowest BCUT2D eigenvalue weighted by Gasteiger charge is -2.26. The highest BCUT2D eigenvalue weighted by Crippen LogP contribution is 2.26. The summed E-state index contributed by atoms with van der Waals surface area (Å²) in [6.45, 7) is 0.279. The molecule has 1 aliphatic carbocycles. The molecule has 0 N–H and O–H groups in total. The Hall–Kier alpha value is -2.41. The van der Waals surface area contributed by atoms with Crippen LogP contribution in [0.5, 0.6) is 5.75 Å². The Kier molecular flexibility index (Phi) is 3.53. The number of aryl methyl sites for hydroxylation is 2. The van der Waals surface area contributed by atoms with Gasteiger partial charge in [0.25, 0.3) is 10.0 Å². The Morgan fingerprint density at radius 1 is 1.17 bits per heavy atom. The largest absolute Gasteiger partial charge is 0.423 e. The van der Waals surface area contributed by atoms with E-state index >= 15 is 0 Å². The van der Waals surface area contributed by atoms with E-state index in [0.29, 0.717) is 17.2 Å². The Morgan fingerprint density at radius 2 is 2.00 bits per heavy atom. The van der Waals surface area contributed by atoms with Gasteiger partial charge in [-0.2, -0.15) is 0 Å². The van der Waals surface area contributed by atoms with Gasteiger partial charge in [-0.05, 0) is 54.7 Å². The van der Waals surface area contributed by atoms with Crippen molar-refractivity contribution in [2.45, 2.75) is 19.3 Å². The van der Waals surface area contributed by atoms with Crippen LogP contribution >= 0.6 is 0 Å². The van der Waals surface area contributed by atoms with Gasteiger partial charge in [-0.25, -0.2) is 13.2 Å². The molecule has 2 aliphatic heterocycles. The first-order valence-electron chi connectivity index (χ1n) is 7.83. The second-order valence-electron chi connectivity index (χ2n) is 6.02. The zero-order chi connectivity index (χ0) is 16.7. The van der Waals surface area contributed by atoms with Crippen molar-refractivity contribution in [2.75, 3.05) is 12.3 Å². The Balaban J connectivity index is 1.52. The van der Waals surface area contributed by atoms with Gasteiger partial charge in [0.05, 0.1) is 11.3 Å². The van der Waals surface area contributed by atoms with E-state index in [9.17, 15) is 13.2 Å². The number of hydrogen-bond donors (Lipinski definition) is 0. The number of fused-ring (bicyclic) bond motifs is 2. The third-order valence-corrected chi connectivity index (χ3v) is 5.50. The van der Waals surface area contributed by atoms with E-state index in [0.717, 1.165) is 19.3 Å². The van der Waals surface area contributed by atoms with E-state index in [2.05, 4.69) is 4.40 Å². The van der Waals surface area contributed by atoms with Crippen molar-refractivity contribution in [1.29, 1.82) is 0 Å². The molecule has 0 unspecified atom stereocenters. The standard InChI is InChI=1S/C17H16N2O4S/c20-17(23-15-6-4-12-2-1-3-13(12)10-15)14-5-7-16-18-24(21,22)9-8-19(16)11-14/h4-7,10-11H,1-3,8-9H2. The van der Waals surface area contributed by atoms with E-state index in [1.807, 2.05) is 18.2 Å². The summed E-state index contributed by atoms with van der Waals surface area (Å²) in [7, 11) is -3.40. The Morgan fingerprint density at radius 3 is 2.88 bits per heavy atom. The highest BCUT2D eigenvalue weighted by Gasteiger charge is 2.25. The van der Waals surface area contributed by atoms with E-state index in [1.165, 1.54) is 23.3 Å². The lowest BCUT2D eigenvalue weighted by atomic mass is 10.1. The summed E-state index contributed by atoms with van der Waals surface area (Å²) in [6.07, 6.45) is 7.88. The average molecular weight is 344 g/mol. The normalized spacial score (nSPS) is 20.8. The molecular formula is C17H16N2O4S. The van der Waals surface area contributed by atoms with Crippen molar-refractivity contribution >= 4 is 21.8 Å². The van der Waals surface area contributed by atoms with Crippen molar-refractivity contribution in [3.05, 3.63) is 53.3 Å². The molecule has 0 aromatic heterocycles. The molecule has 0 atom stereocenters. The first kappa shape index (κ1) is 15.1. The molecule has 3 aliphatic rings. The number of ether oxygens (including phenoxy) is 1. The van der Waals surface area contributed by atoms with E-state index in [1.54, 1.807) is 11.1 Å². The molecule has 0 bridgehead atoms. The fraction of sp³-hybridized carbons (Fsp3) is 0.294. The zero-order valence-corrected chi connectivity index (χ0v) is 13.8. The van der Waals surface area contributed by atoms with Gasteiger partial charge in [-0.15, -0.1) is 4.40 Å². The SMILES string of the molecule is O=C(Oc1ccc2c(c1)CCC2)C1=CN2CCS(=O)(=O)N=C2C=C1. The van der Waals surface area contributed by atoms with Crippen LogP contribution in [0.25, 0.3) is 0 Å². The molecule has 1 aromatic rings. The van der Waals surface area contributed by atoms with Crippen molar-refractivity contribution in [3.63, 3.8) is 0 Å². The first-order valence-corrected chi connectivity index (χ1v) is 9.44. The lowest BCUT2D eigenvalue weighted by Crippen LogP contribution is -2.37. The molecule has 0 saturated carbocycles. The van der Waals surface area contributed by atoms with Gasteiger partial charge >= 0.3 is 5.97 Å². The predicted octanol–water partition coefficient (Wildman–Crippen LogP) is 1.58. The second-order valence-corrected chi connectivity index (χ2v) is 7.77. The number of amidine groups is 1. The molecule has 2 heterocycles. The minimum absolute atomic E-state index is 0.0615. The molecule has 0 spiro atoms. The number of esters is 1. The number of carbonyl (C=O) groups is 1. The van der Waals surface area contributed by atoms with Crippen LogP contribution in [0.1, 0.15) is 17.5 Å². The number of benzene rings is 1. The summed E-state index contributed by atoms with van der Waals surface area (Å²) < 4.78 is 32.1. The maximum absolute atomic E-state index is 12.3. The minimum atomic E-state index is -3.40. The fourth-order valence-electron chi connectivity index (χ4n) is 3.10. The molecule has 6 nitrogen and oxygen atoms in total.